The molecule has 1 aliphatic rings. The predicted octanol–water partition coefficient (Wildman–Crippen LogP) is 2.84. The fraction of sp³-hybridized carbons (Fsp3) is 0.438. The Bertz CT molecular complexity index is 707. The van der Waals surface area contributed by atoms with Crippen molar-refractivity contribution in [3.8, 4) is 5.75 Å². The number of furan rings is 1. The molecule has 5 nitrogen and oxygen atoms in total. The van der Waals surface area contributed by atoms with Crippen LogP contribution in [-0.4, -0.2) is 18.6 Å². The molecule has 3 rings (SSSR count). The van der Waals surface area contributed by atoms with Gasteiger partial charge in [0, 0.05) is 10.9 Å². The fourth-order valence-corrected chi connectivity index (χ4v) is 2.53. The van der Waals surface area contributed by atoms with Gasteiger partial charge in [-0.1, -0.05) is 0 Å². The van der Waals surface area contributed by atoms with Crippen molar-refractivity contribution >= 4 is 29.3 Å². The van der Waals surface area contributed by atoms with E-state index < -0.39 is 5.54 Å². The molecule has 0 spiro atoms. The summed E-state index contributed by atoms with van der Waals surface area (Å²) in [5, 5.41) is 3.94. The number of fused-ring (bicyclic) bond motifs is 1. The number of halogens is 1. The van der Waals surface area contributed by atoms with Gasteiger partial charge in [-0.25, -0.2) is 0 Å². The summed E-state index contributed by atoms with van der Waals surface area (Å²) >= 11 is 0. The zero-order chi connectivity index (χ0) is 15.2. The summed E-state index contributed by atoms with van der Waals surface area (Å²) in [6.45, 7) is 3.89. The van der Waals surface area contributed by atoms with Crippen molar-refractivity contribution in [2.24, 2.45) is 5.73 Å². The molecule has 22 heavy (non-hydrogen) atoms. The lowest BCUT2D eigenvalue weighted by molar-refractivity contribution is -0.124. The first-order valence-corrected chi connectivity index (χ1v) is 7.11. The monoisotopic (exact) mass is 324 g/mol. The van der Waals surface area contributed by atoms with Crippen LogP contribution in [0, 0.1) is 6.92 Å². The first-order chi connectivity index (χ1) is 9.94. The molecular weight excluding hydrogens is 304 g/mol. The smallest absolute Gasteiger partial charge is 0.240 e. The van der Waals surface area contributed by atoms with Crippen molar-refractivity contribution in [1.29, 1.82) is 0 Å². The van der Waals surface area contributed by atoms with Crippen LogP contribution >= 0.6 is 12.4 Å². The second-order valence-electron chi connectivity index (χ2n) is 5.80. The standard InChI is InChI=1S/C16H20N2O3.ClH/c1-9-12-8-11(20-3)4-5-13(12)21-14(9)10(2)18-15(19)16(17)6-7-16;/h4-5,8,10H,6-7,17H2,1-3H3,(H,18,19);1H. The Hall–Kier alpha value is -1.72. The highest BCUT2D eigenvalue weighted by molar-refractivity contribution is 5.89. The molecule has 120 valence electrons. The number of amides is 1. The number of methoxy groups -OCH3 is 1. The summed E-state index contributed by atoms with van der Waals surface area (Å²) in [5.74, 6) is 1.44. The highest BCUT2D eigenvalue weighted by Crippen LogP contribution is 2.35. The highest BCUT2D eigenvalue weighted by Gasteiger charge is 2.46. The molecule has 0 bridgehead atoms. The van der Waals surface area contributed by atoms with Crippen LogP contribution in [0.2, 0.25) is 0 Å². The maximum atomic E-state index is 12.0. The number of ether oxygens (including phenoxy) is 1. The van der Waals surface area contributed by atoms with E-state index in [2.05, 4.69) is 5.32 Å². The van der Waals surface area contributed by atoms with Gasteiger partial charge >= 0.3 is 0 Å². The van der Waals surface area contributed by atoms with Gasteiger partial charge in [-0.2, -0.15) is 0 Å². The lowest BCUT2D eigenvalue weighted by Gasteiger charge is -2.15. The van der Waals surface area contributed by atoms with Crippen LogP contribution in [0.4, 0.5) is 0 Å². The second kappa shape index (κ2) is 5.82. The molecule has 3 N–H and O–H groups in total. The number of benzene rings is 1. The minimum Gasteiger partial charge on any atom is -0.497 e. The Kier molecular flexibility index (Phi) is 4.40. The van der Waals surface area contributed by atoms with Crippen LogP contribution in [0.3, 0.4) is 0 Å². The zero-order valence-electron chi connectivity index (χ0n) is 12.9. The van der Waals surface area contributed by atoms with Crippen LogP contribution in [0.25, 0.3) is 11.0 Å². The van der Waals surface area contributed by atoms with Gasteiger partial charge < -0.3 is 20.2 Å². The number of carbonyl (C=O) groups excluding carboxylic acids is 1. The molecule has 1 amide bonds. The molecule has 1 heterocycles. The Labute approximate surface area is 135 Å². The third kappa shape index (κ3) is 2.78. The molecular formula is C16H21ClN2O3. The Balaban J connectivity index is 0.00000176. The molecule has 1 fully saturated rings. The number of hydrogen-bond acceptors (Lipinski definition) is 4. The summed E-state index contributed by atoms with van der Waals surface area (Å²) in [7, 11) is 1.64. The van der Waals surface area contributed by atoms with Gasteiger partial charge in [0.15, 0.2) is 0 Å². The second-order valence-corrected chi connectivity index (χ2v) is 5.80. The van der Waals surface area contributed by atoms with E-state index >= 15 is 0 Å². The molecule has 0 radical (unpaired) electrons. The molecule has 6 heteroatoms. The molecule has 2 aromatic rings. The summed E-state index contributed by atoms with van der Waals surface area (Å²) in [6.07, 6.45) is 1.50. The summed E-state index contributed by atoms with van der Waals surface area (Å²) in [6, 6.07) is 5.47. The van der Waals surface area contributed by atoms with E-state index in [1.807, 2.05) is 32.0 Å². The normalized spacial score (nSPS) is 16.7. The number of carbonyl (C=O) groups is 1. The van der Waals surface area contributed by atoms with Crippen LogP contribution in [0.5, 0.6) is 5.75 Å². The minimum absolute atomic E-state index is 0. The number of nitrogens with one attached hydrogen (secondary N) is 1. The maximum Gasteiger partial charge on any atom is 0.240 e. The molecule has 1 aliphatic carbocycles. The summed E-state index contributed by atoms with van der Waals surface area (Å²) in [4.78, 5) is 12.0. The third-order valence-corrected chi connectivity index (χ3v) is 4.16. The van der Waals surface area contributed by atoms with Gasteiger partial charge in [0.2, 0.25) is 5.91 Å². The Morgan fingerprint density at radius 3 is 2.73 bits per heavy atom. The maximum absolute atomic E-state index is 12.0. The van der Waals surface area contributed by atoms with Crippen LogP contribution in [-0.2, 0) is 4.79 Å². The Morgan fingerprint density at radius 1 is 1.45 bits per heavy atom. The molecule has 1 aromatic heterocycles. The summed E-state index contributed by atoms with van der Waals surface area (Å²) in [5.41, 5.74) is 7.04. The van der Waals surface area contributed by atoms with Crippen molar-refractivity contribution in [2.45, 2.75) is 38.3 Å². The van der Waals surface area contributed by atoms with Crippen LogP contribution in [0.15, 0.2) is 22.6 Å². The van der Waals surface area contributed by atoms with Crippen molar-refractivity contribution in [1.82, 2.24) is 5.32 Å². The zero-order valence-corrected chi connectivity index (χ0v) is 13.8. The highest BCUT2D eigenvalue weighted by atomic mass is 35.5. The molecule has 0 aliphatic heterocycles. The van der Waals surface area contributed by atoms with Crippen molar-refractivity contribution in [2.75, 3.05) is 7.11 Å². The average Bonchev–Trinajstić information content (AvgIpc) is 3.14. The number of aryl methyl sites for hydroxylation is 1. The summed E-state index contributed by atoms with van der Waals surface area (Å²) < 4.78 is 11.1. The average molecular weight is 325 g/mol. The Morgan fingerprint density at radius 2 is 2.14 bits per heavy atom. The van der Waals surface area contributed by atoms with E-state index in [1.54, 1.807) is 7.11 Å². The van der Waals surface area contributed by atoms with E-state index in [0.29, 0.717) is 0 Å². The van der Waals surface area contributed by atoms with Gasteiger partial charge in [0.25, 0.3) is 0 Å². The van der Waals surface area contributed by atoms with Gasteiger partial charge in [0.1, 0.15) is 17.1 Å². The van der Waals surface area contributed by atoms with Crippen molar-refractivity contribution in [3.63, 3.8) is 0 Å². The lowest BCUT2D eigenvalue weighted by Crippen LogP contribution is -2.43. The third-order valence-electron chi connectivity index (χ3n) is 4.16. The van der Waals surface area contributed by atoms with E-state index in [-0.39, 0.29) is 24.4 Å². The molecule has 0 saturated heterocycles. The van der Waals surface area contributed by atoms with Gasteiger partial charge in [-0.3, -0.25) is 4.79 Å². The van der Waals surface area contributed by atoms with Crippen LogP contribution in [0.1, 0.15) is 37.1 Å². The van der Waals surface area contributed by atoms with E-state index in [4.69, 9.17) is 14.9 Å². The van der Waals surface area contributed by atoms with E-state index in [0.717, 1.165) is 40.9 Å². The predicted molar refractivity (Wildman–Crippen MR) is 87.5 cm³/mol. The van der Waals surface area contributed by atoms with Gasteiger partial charge in [0.05, 0.1) is 18.7 Å². The minimum atomic E-state index is -0.669. The SMILES string of the molecule is COc1ccc2oc(C(C)NC(=O)C3(N)CC3)c(C)c2c1.Cl. The fourth-order valence-electron chi connectivity index (χ4n) is 2.53. The van der Waals surface area contributed by atoms with Crippen molar-refractivity contribution < 1.29 is 13.9 Å². The lowest BCUT2D eigenvalue weighted by atomic mass is 10.1. The van der Waals surface area contributed by atoms with E-state index in [1.165, 1.54) is 0 Å². The first-order valence-electron chi connectivity index (χ1n) is 7.11. The van der Waals surface area contributed by atoms with Gasteiger partial charge in [-0.05, 0) is 44.9 Å². The molecule has 1 saturated carbocycles. The van der Waals surface area contributed by atoms with E-state index in [9.17, 15) is 4.79 Å². The first kappa shape index (κ1) is 16.6. The molecule has 1 aromatic carbocycles. The largest absolute Gasteiger partial charge is 0.497 e. The number of hydrogen-bond donors (Lipinski definition) is 2. The molecule has 1 unspecified atom stereocenters. The topological polar surface area (TPSA) is 77.5 Å². The van der Waals surface area contributed by atoms with Crippen LogP contribution < -0.4 is 15.8 Å². The number of rotatable bonds is 4. The molecule has 1 atom stereocenters. The van der Waals surface area contributed by atoms with Gasteiger partial charge in [-0.15, -0.1) is 12.4 Å². The van der Waals surface area contributed by atoms with Crippen molar-refractivity contribution in [3.05, 3.63) is 29.5 Å². The number of nitrogens with two attached hydrogens (primary N) is 1. The quantitative estimate of drug-likeness (QED) is 0.906.